The van der Waals surface area contributed by atoms with E-state index >= 15 is 0 Å². The lowest BCUT2D eigenvalue weighted by molar-refractivity contribution is 0.592. The molecule has 2 aromatic carbocycles. The van der Waals surface area contributed by atoms with Crippen LogP contribution in [0.2, 0.25) is 5.02 Å². The van der Waals surface area contributed by atoms with E-state index in [2.05, 4.69) is 6.58 Å². The van der Waals surface area contributed by atoms with Crippen molar-refractivity contribution in [3.05, 3.63) is 71.3 Å². The molecule has 0 unspecified atom stereocenters. The summed E-state index contributed by atoms with van der Waals surface area (Å²) in [4.78, 5) is 0.208. The normalized spacial score (nSPS) is 11.2. The minimum absolute atomic E-state index is 0.204. The van der Waals surface area contributed by atoms with Gasteiger partial charge in [-0.2, -0.15) is 0 Å². The summed E-state index contributed by atoms with van der Waals surface area (Å²) < 4.78 is 27.2. The van der Waals surface area contributed by atoms with Crippen LogP contribution in [0, 0.1) is 13.8 Å². The number of sulfonamides is 1. The van der Waals surface area contributed by atoms with E-state index in [1.165, 1.54) is 16.4 Å². The molecule has 116 valence electrons. The average molecular weight is 336 g/mol. The summed E-state index contributed by atoms with van der Waals surface area (Å²) >= 11 is 5.84. The summed E-state index contributed by atoms with van der Waals surface area (Å²) in [5, 5.41) is 0.501. The summed E-state index contributed by atoms with van der Waals surface area (Å²) in [5.74, 6) is 0. The number of halogens is 1. The third kappa shape index (κ3) is 3.34. The predicted octanol–water partition coefficient (Wildman–Crippen LogP) is 4.34. The van der Waals surface area contributed by atoms with Gasteiger partial charge in [0.25, 0.3) is 10.0 Å². The zero-order valence-electron chi connectivity index (χ0n) is 12.6. The molecule has 0 saturated heterocycles. The molecule has 2 rings (SSSR count). The summed E-state index contributed by atoms with van der Waals surface area (Å²) in [7, 11) is -3.67. The number of rotatable bonds is 5. The minimum atomic E-state index is -3.67. The lowest BCUT2D eigenvalue weighted by Crippen LogP contribution is -2.31. The maximum Gasteiger partial charge on any atom is 0.264 e. The van der Waals surface area contributed by atoms with Gasteiger partial charge in [0.1, 0.15) is 0 Å². The Morgan fingerprint density at radius 1 is 1.14 bits per heavy atom. The molecule has 3 nitrogen and oxygen atoms in total. The van der Waals surface area contributed by atoms with Gasteiger partial charge in [0.2, 0.25) is 0 Å². The van der Waals surface area contributed by atoms with Gasteiger partial charge in [0, 0.05) is 5.02 Å². The van der Waals surface area contributed by atoms with Crippen molar-refractivity contribution in [1.82, 2.24) is 0 Å². The van der Waals surface area contributed by atoms with E-state index in [0.29, 0.717) is 10.7 Å². The third-order valence-electron chi connectivity index (χ3n) is 3.33. The van der Waals surface area contributed by atoms with Gasteiger partial charge in [-0.25, -0.2) is 8.42 Å². The first kappa shape index (κ1) is 16.6. The second kappa shape index (κ2) is 6.55. The first-order valence-electron chi connectivity index (χ1n) is 6.82. The Labute approximate surface area is 136 Å². The Balaban J connectivity index is 2.57. The van der Waals surface area contributed by atoms with Gasteiger partial charge in [-0.05, 0) is 55.3 Å². The van der Waals surface area contributed by atoms with Crippen molar-refractivity contribution >= 4 is 27.3 Å². The van der Waals surface area contributed by atoms with Crippen LogP contribution in [0.15, 0.2) is 60.0 Å². The molecule has 0 aromatic heterocycles. The molecule has 0 N–H and O–H groups in total. The van der Waals surface area contributed by atoms with Crippen LogP contribution in [0.1, 0.15) is 11.1 Å². The molecule has 0 aliphatic carbocycles. The lowest BCUT2D eigenvalue weighted by Gasteiger charge is -2.25. The molecule has 0 saturated carbocycles. The minimum Gasteiger partial charge on any atom is -0.262 e. The molecule has 22 heavy (non-hydrogen) atoms. The summed E-state index contributed by atoms with van der Waals surface area (Å²) in [6.45, 7) is 7.70. The lowest BCUT2D eigenvalue weighted by atomic mass is 10.1. The van der Waals surface area contributed by atoms with Crippen molar-refractivity contribution in [3.8, 4) is 0 Å². The number of aryl methyl sites for hydroxylation is 2. The molecule has 0 spiro atoms. The molecule has 2 aromatic rings. The van der Waals surface area contributed by atoms with E-state index in [4.69, 9.17) is 11.6 Å². The van der Waals surface area contributed by atoms with E-state index < -0.39 is 10.0 Å². The topological polar surface area (TPSA) is 37.4 Å². The molecule has 0 amide bonds. The largest absolute Gasteiger partial charge is 0.264 e. The Bertz CT molecular complexity index is 783. The van der Waals surface area contributed by atoms with Crippen LogP contribution in [0.3, 0.4) is 0 Å². The second-order valence-corrected chi connectivity index (χ2v) is 7.37. The molecule has 0 atom stereocenters. The van der Waals surface area contributed by atoms with Crippen LogP contribution in [0.4, 0.5) is 5.69 Å². The molecule has 0 bridgehead atoms. The fourth-order valence-corrected chi connectivity index (χ4v) is 3.78. The van der Waals surface area contributed by atoms with Gasteiger partial charge in [0.05, 0.1) is 17.1 Å². The van der Waals surface area contributed by atoms with Crippen LogP contribution in [0.25, 0.3) is 0 Å². The van der Waals surface area contributed by atoms with Crippen LogP contribution < -0.4 is 4.31 Å². The van der Waals surface area contributed by atoms with Gasteiger partial charge >= 0.3 is 0 Å². The molecular weight excluding hydrogens is 318 g/mol. The van der Waals surface area contributed by atoms with Crippen molar-refractivity contribution in [1.29, 1.82) is 0 Å². The molecule has 0 fully saturated rings. The molecular formula is C17H18ClNO2S. The van der Waals surface area contributed by atoms with Crippen molar-refractivity contribution in [2.45, 2.75) is 18.7 Å². The molecule has 0 radical (unpaired) electrons. The van der Waals surface area contributed by atoms with E-state index in [-0.39, 0.29) is 11.4 Å². The first-order chi connectivity index (χ1) is 10.4. The fourth-order valence-electron chi connectivity index (χ4n) is 2.17. The standard InChI is InChI=1S/C17H18ClNO2S/c1-4-11-19(17-12-13(2)5-6-14(17)3)22(20,21)16-9-7-15(18)8-10-16/h4-10,12H,1,11H2,2-3H3. The van der Waals surface area contributed by atoms with Crippen molar-refractivity contribution in [2.75, 3.05) is 10.8 Å². The van der Waals surface area contributed by atoms with Crippen LogP contribution in [-0.2, 0) is 10.0 Å². The zero-order valence-corrected chi connectivity index (χ0v) is 14.2. The number of hydrogen-bond donors (Lipinski definition) is 0. The maximum atomic E-state index is 12.9. The predicted molar refractivity (Wildman–Crippen MR) is 92.1 cm³/mol. The van der Waals surface area contributed by atoms with Gasteiger partial charge in [-0.1, -0.05) is 29.8 Å². The third-order valence-corrected chi connectivity index (χ3v) is 5.38. The van der Waals surface area contributed by atoms with Gasteiger partial charge < -0.3 is 0 Å². The first-order valence-corrected chi connectivity index (χ1v) is 8.64. The summed E-state index contributed by atoms with van der Waals surface area (Å²) in [6, 6.07) is 11.9. The molecule has 0 aliphatic heterocycles. The molecule has 5 heteroatoms. The Morgan fingerprint density at radius 2 is 1.77 bits per heavy atom. The highest BCUT2D eigenvalue weighted by Gasteiger charge is 2.25. The maximum absolute atomic E-state index is 12.9. The highest BCUT2D eigenvalue weighted by atomic mass is 35.5. The monoisotopic (exact) mass is 335 g/mol. The zero-order chi connectivity index (χ0) is 16.3. The van der Waals surface area contributed by atoms with Crippen LogP contribution in [0.5, 0.6) is 0 Å². The number of anilines is 1. The summed E-state index contributed by atoms with van der Waals surface area (Å²) in [6.07, 6.45) is 1.58. The molecule has 0 aliphatic rings. The van der Waals surface area contributed by atoms with E-state index in [9.17, 15) is 8.42 Å². The van der Waals surface area contributed by atoms with Gasteiger partial charge in [0.15, 0.2) is 0 Å². The molecule has 0 heterocycles. The van der Waals surface area contributed by atoms with Crippen molar-refractivity contribution < 1.29 is 8.42 Å². The fraction of sp³-hybridized carbons (Fsp3) is 0.176. The average Bonchev–Trinajstić information content (AvgIpc) is 2.48. The second-order valence-electron chi connectivity index (χ2n) is 5.07. The van der Waals surface area contributed by atoms with Gasteiger partial charge in [-0.15, -0.1) is 6.58 Å². The van der Waals surface area contributed by atoms with Crippen molar-refractivity contribution in [3.63, 3.8) is 0 Å². The van der Waals surface area contributed by atoms with Crippen molar-refractivity contribution in [2.24, 2.45) is 0 Å². The number of hydrogen-bond acceptors (Lipinski definition) is 2. The van der Waals surface area contributed by atoms with E-state index in [1.54, 1.807) is 18.2 Å². The SMILES string of the molecule is C=CCN(c1cc(C)ccc1C)S(=O)(=O)c1ccc(Cl)cc1. The van der Waals surface area contributed by atoms with Gasteiger partial charge in [-0.3, -0.25) is 4.31 Å². The van der Waals surface area contributed by atoms with Crippen LogP contribution in [-0.4, -0.2) is 15.0 Å². The Morgan fingerprint density at radius 3 is 2.36 bits per heavy atom. The van der Waals surface area contributed by atoms with E-state index in [1.807, 2.05) is 32.0 Å². The number of benzene rings is 2. The highest BCUT2D eigenvalue weighted by Crippen LogP contribution is 2.28. The highest BCUT2D eigenvalue weighted by molar-refractivity contribution is 7.92. The van der Waals surface area contributed by atoms with Crippen LogP contribution >= 0.6 is 11.6 Å². The number of nitrogens with zero attached hydrogens (tertiary/aromatic N) is 1. The Kier molecular flexibility index (Phi) is 4.94. The quantitative estimate of drug-likeness (QED) is 0.762. The summed E-state index contributed by atoms with van der Waals surface area (Å²) in [5.41, 5.74) is 2.56. The Hall–Kier alpha value is -1.78. The smallest absolute Gasteiger partial charge is 0.262 e. The van der Waals surface area contributed by atoms with E-state index in [0.717, 1.165) is 11.1 Å².